The number of fused-ring (bicyclic) bond motifs is 2. The number of carbonyl (C=O) groups is 4. The second kappa shape index (κ2) is 21.6. The van der Waals surface area contributed by atoms with E-state index < -0.39 is 35.3 Å². The first-order valence-electron chi connectivity index (χ1n) is 22.2. The summed E-state index contributed by atoms with van der Waals surface area (Å²) in [6, 6.07) is 42.0. The molecule has 9 rings (SSSR count). The van der Waals surface area contributed by atoms with Gasteiger partial charge in [-0.25, -0.2) is 9.59 Å². The lowest BCUT2D eigenvalue weighted by molar-refractivity contribution is 0.0725. The first-order chi connectivity index (χ1) is 35.6. The van der Waals surface area contributed by atoms with Crippen molar-refractivity contribution >= 4 is 126 Å². The lowest BCUT2D eigenvalue weighted by atomic mass is 10.0. The van der Waals surface area contributed by atoms with E-state index in [2.05, 4.69) is 31.1 Å². The van der Waals surface area contributed by atoms with Gasteiger partial charge >= 0.3 is 11.9 Å². The summed E-state index contributed by atoms with van der Waals surface area (Å²) in [5.41, 5.74) is 2.57. The standard InChI is InChI=1S/C56H36Cl4N6O8/c1-29-17-19-33(55(71)73-51-41(57)13-7-14-42(51)58)27-45(29)63-65-47-37-11-5-3-9-31(37)25-39(49(47)67)53(69)61-35-21-23-36(24-22-35)62-54(70)40-26-32-10-4-6-12-38(32)48(50(40)68)66-64-46-28-34(20-18-30(46)2)56(72)74-52-43(59)15-8-16-44(52)60/h3-28,67-68H,1-2H3,(H,61,69)(H,62,70). The number of aromatic hydroxyl groups is 2. The summed E-state index contributed by atoms with van der Waals surface area (Å²) in [4.78, 5) is 53.9. The molecule has 0 aromatic heterocycles. The van der Waals surface area contributed by atoms with Crippen LogP contribution in [-0.4, -0.2) is 34.0 Å². The SMILES string of the molecule is Cc1ccc(C(=O)Oc2c(Cl)cccc2Cl)cc1N=Nc1c(O)c(C(=O)Nc2ccc(NC(=O)c3cc4ccccc4c(N=Nc4cc(C(=O)Oc5c(Cl)cccc5Cl)ccc4C)c3O)cc2)cc2ccccc12. The summed E-state index contributed by atoms with van der Waals surface area (Å²) in [7, 11) is 0. The van der Waals surface area contributed by atoms with Crippen LogP contribution in [0.4, 0.5) is 34.1 Å². The molecule has 0 atom stereocenters. The maximum Gasteiger partial charge on any atom is 0.343 e. The molecule has 0 fully saturated rings. The molecule has 74 heavy (non-hydrogen) atoms. The minimum atomic E-state index is -0.738. The number of phenols is 2. The van der Waals surface area contributed by atoms with Crippen LogP contribution in [-0.2, 0) is 0 Å². The molecule has 0 bridgehead atoms. The fraction of sp³-hybridized carbons (Fsp3) is 0.0357. The second-order valence-electron chi connectivity index (χ2n) is 16.5. The lowest BCUT2D eigenvalue weighted by Gasteiger charge is -2.13. The molecule has 2 amide bonds. The number of azo groups is 2. The van der Waals surface area contributed by atoms with Gasteiger partial charge < -0.3 is 30.3 Å². The van der Waals surface area contributed by atoms with Gasteiger partial charge in [0.25, 0.3) is 11.8 Å². The number of hydrogen-bond donors (Lipinski definition) is 4. The van der Waals surface area contributed by atoms with Crippen LogP contribution in [0.5, 0.6) is 23.0 Å². The van der Waals surface area contributed by atoms with Crippen LogP contribution >= 0.6 is 46.4 Å². The Morgan fingerprint density at radius 3 is 1.19 bits per heavy atom. The normalized spacial score (nSPS) is 11.3. The fourth-order valence-electron chi connectivity index (χ4n) is 7.58. The monoisotopic (exact) mass is 1060 g/mol. The van der Waals surface area contributed by atoms with Crippen molar-refractivity contribution in [1.29, 1.82) is 0 Å². The van der Waals surface area contributed by atoms with Gasteiger partial charge in [-0.1, -0.05) is 119 Å². The van der Waals surface area contributed by atoms with E-state index in [1.165, 1.54) is 24.3 Å². The highest BCUT2D eigenvalue weighted by molar-refractivity contribution is 6.38. The number of carbonyl (C=O) groups excluding carboxylic acids is 4. The van der Waals surface area contributed by atoms with E-state index in [0.717, 1.165) is 0 Å². The van der Waals surface area contributed by atoms with E-state index in [0.29, 0.717) is 44.0 Å². The highest BCUT2D eigenvalue weighted by atomic mass is 35.5. The minimum absolute atomic E-state index is 0.00532. The van der Waals surface area contributed by atoms with E-state index in [4.69, 9.17) is 55.9 Å². The molecule has 18 heteroatoms. The zero-order chi connectivity index (χ0) is 52.2. The summed E-state index contributed by atoms with van der Waals surface area (Å²) >= 11 is 24.8. The Kier molecular flexibility index (Phi) is 14.7. The smallest absolute Gasteiger partial charge is 0.343 e. The Labute approximate surface area is 441 Å². The van der Waals surface area contributed by atoms with Crippen molar-refractivity contribution < 1.29 is 38.9 Å². The van der Waals surface area contributed by atoms with Crippen molar-refractivity contribution in [3.63, 3.8) is 0 Å². The maximum absolute atomic E-state index is 13.8. The topological polar surface area (TPSA) is 201 Å². The number of phenolic OH excluding ortho intramolecular Hbond substituents is 2. The van der Waals surface area contributed by atoms with Crippen molar-refractivity contribution in [3.05, 3.63) is 211 Å². The molecule has 4 N–H and O–H groups in total. The number of rotatable bonds is 12. The highest BCUT2D eigenvalue weighted by Gasteiger charge is 2.23. The Morgan fingerprint density at radius 2 is 0.811 bits per heavy atom. The van der Waals surface area contributed by atoms with Crippen molar-refractivity contribution in [2.45, 2.75) is 13.8 Å². The molecule has 0 radical (unpaired) electrons. The van der Waals surface area contributed by atoms with Gasteiger partial charge in [-0.3, -0.25) is 9.59 Å². The van der Waals surface area contributed by atoms with Crippen LogP contribution in [0.3, 0.4) is 0 Å². The van der Waals surface area contributed by atoms with Gasteiger partial charge in [0, 0.05) is 22.1 Å². The molecule has 9 aromatic rings. The van der Waals surface area contributed by atoms with Gasteiger partial charge in [-0.2, -0.15) is 10.2 Å². The number of esters is 2. The minimum Gasteiger partial charge on any atom is -0.505 e. The zero-order valence-corrected chi connectivity index (χ0v) is 41.7. The van der Waals surface area contributed by atoms with Crippen LogP contribution < -0.4 is 20.1 Å². The Balaban J connectivity index is 0.917. The molecule has 366 valence electrons. The van der Waals surface area contributed by atoms with Crippen LogP contribution in [0.25, 0.3) is 21.5 Å². The van der Waals surface area contributed by atoms with Gasteiger partial charge in [0.05, 0.1) is 53.7 Å². The van der Waals surface area contributed by atoms with Crippen molar-refractivity contribution in [1.82, 2.24) is 0 Å². The number of hydrogen-bond acceptors (Lipinski definition) is 12. The first kappa shape index (κ1) is 50.3. The van der Waals surface area contributed by atoms with Crippen LogP contribution in [0.15, 0.2) is 178 Å². The third-order valence-electron chi connectivity index (χ3n) is 11.5. The summed E-state index contributed by atoms with van der Waals surface area (Å²) in [6.07, 6.45) is 0. The molecule has 14 nitrogen and oxygen atoms in total. The lowest BCUT2D eigenvalue weighted by Crippen LogP contribution is -2.13. The van der Waals surface area contributed by atoms with Gasteiger partial charge in [-0.05, 0) is 121 Å². The van der Waals surface area contributed by atoms with Crippen LogP contribution in [0.1, 0.15) is 52.6 Å². The zero-order valence-electron chi connectivity index (χ0n) is 38.7. The molecule has 9 aromatic carbocycles. The van der Waals surface area contributed by atoms with Crippen molar-refractivity contribution in [2.24, 2.45) is 20.5 Å². The second-order valence-corrected chi connectivity index (χ2v) is 18.1. The van der Waals surface area contributed by atoms with E-state index in [-0.39, 0.29) is 76.6 Å². The quantitative estimate of drug-likeness (QED) is 0.0526. The molecule has 0 saturated heterocycles. The fourth-order valence-corrected chi connectivity index (χ4v) is 8.53. The molecule has 0 aliphatic carbocycles. The summed E-state index contributed by atoms with van der Waals surface area (Å²) in [6.45, 7) is 3.53. The number of amides is 2. The molecular weight excluding hydrogens is 1030 g/mol. The Hall–Kier alpha value is -8.66. The van der Waals surface area contributed by atoms with Crippen molar-refractivity contribution in [2.75, 3.05) is 10.6 Å². The van der Waals surface area contributed by atoms with Crippen LogP contribution in [0.2, 0.25) is 20.1 Å². The van der Waals surface area contributed by atoms with E-state index in [1.54, 1.807) is 147 Å². The van der Waals surface area contributed by atoms with E-state index in [1.807, 2.05) is 0 Å². The number of halogens is 4. The number of ether oxygens (including phenoxy) is 2. The number of anilines is 2. The summed E-state index contributed by atoms with van der Waals surface area (Å²) in [5, 5.41) is 49.0. The molecule has 0 aliphatic heterocycles. The molecular formula is C56H36Cl4N6O8. The third kappa shape index (κ3) is 10.7. The van der Waals surface area contributed by atoms with Crippen LogP contribution in [0, 0.1) is 13.8 Å². The van der Waals surface area contributed by atoms with E-state index in [9.17, 15) is 29.4 Å². The first-order valence-corrected chi connectivity index (χ1v) is 23.7. The molecule has 0 spiro atoms. The number of nitrogens with one attached hydrogen (secondary N) is 2. The molecule has 0 unspecified atom stereocenters. The Morgan fingerprint density at radius 1 is 0.446 bits per heavy atom. The molecule has 0 aliphatic rings. The number of nitrogens with zero attached hydrogens (tertiary/aromatic N) is 4. The Bertz CT molecular complexity index is 3540. The molecule has 0 heterocycles. The predicted octanol–water partition coefficient (Wildman–Crippen LogP) is 16.4. The van der Waals surface area contributed by atoms with Gasteiger partial charge in [-0.15, -0.1) is 10.2 Å². The van der Waals surface area contributed by atoms with Gasteiger partial charge in [0.15, 0.2) is 23.0 Å². The van der Waals surface area contributed by atoms with Gasteiger partial charge in [0.1, 0.15) is 11.4 Å². The average molecular weight is 1060 g/mol. The highest BCUT2D eigenvalue weighted by Crippen LogP contribution is 2.42. The number of para-hydroxylation sites is 2. The number of benzene rings is 9. The average Bonchev–Trinajstić information content (AvgIpc) is 3.39. The van der Waals surface area contributed by atoms with Gasteiger partial charge in [0.2, 0.25) is 0 Å². The third-order valence-corrected chi connectivity index (χ3v) is 12.7. The maximum atomic E-state index is 13.8. The summed E-state index contributed by atoms with van der Waals surface area (Å²) < 4.78 is 11.0. The van der Waals surface area contributed by atoms with E-state index >= 15 is 0 Å². The predicted molar refractivity (Wildman–Crippen MR) is 287 cm³/mol. The number of aryl methyl sites for hydroxylation is 2. The summed E-state index contributed by atoms with van der Waals surface area (Å²) in [5.74, 6) is -3.71. The largest absolute Gasteiger partial charge is 0.505 e. The van der Waals surface area contributed by atoms with Crippen molar-refractivity contribution in [3.8, 4) is 23.0 Å². The molecule has 0 saturated carbocycles.